The molecule has 1 atom stereocenters. The number of carbonyl (C=O) groups is 2. The number of hydrogen-bond donors (Lipinski definition) is 2. The monoisotopic (exact) mass is 395 g/mol. The molecular weight excluding hydrogens is 366 g/mol. The van der Waals surface area contributed by atoms with Crippen molar-refractivity contribution in [2.45, 2.75) is 44.6 Å². The molecule has 2 aromatic rings. The summed E-state index contributed by atoms with van der Waals surface area (Å²) in [4.78, 5) is 26.4. The van der Waals surface area contributed by atoms with Crippen LogP contribution in [0.15, 0.2) is 54.6 Å². The number of carbonyl (C=O) groups excluding carboxylic acids is 2. The number of nitrogens with two attached hydrogens (primary N) is 1. The van der Waals surface area contributed by atoms with E-state index in [1.807, 2.05) is 59.5 Å². The number of hydrogen-bond acceptors (Lipinski definition) is 3. The fraction of sp³-hybridized carbons (Fsp3) is 0.391. The summed E-state index contributed by atoms with van der Waals surface area (Å²) in [6.07, 6.45) is 5.79. The van der Waals surface area contributed by atoms with Gasteiger partial charge in [-0.05, 0) is 42.7 Å². The van der Waals surface area contributed by atoms with Crippen molar-refractivity contribution in [1.29, 1.82) is 0 Å². The van der Waals surface area contributed by atoms with Gasteiger partial charge < -0.3 is 20.7 Å². The van der Waals surface area contributed by atoms with Crippen LogP contribution < -0.4 is 15.8 Å². The summed E-state index contributed by atoms with van der Waals surface area (Å²) in [5, 5.41) is 2.72. The molecule has 3 rings (SSSR count). The summed E-state index contributed by atoms with van der Waals surface area (Å²) >= 11 is 0. The van der Waals surface area contributed by atoms with Crippen LogP contribution in [0.4, 0.5) is 4.79 Å². The minimum atomic E-state index is -0.648. The van der Waals surface area contributed by atoms with Crippen LogP contribution in [0.2, 0.25) is 0 Å². The third kappa shape index (κ3) is 6.52. The first-order valence-corrected chi connectivity index (χ1v) is 10.3. The smallest absolute Gasteiger partial charge is 0.312 e. The Morgan fingerprint density at radius 3 is 2.28 bits per heavy atom. The summed E-state index contributed by atoms with van der Waals surface area (Å²) in [5.41, 5.74) is 6.18. The molecule has 0 spiro atoms. The standard InChI is InChI=1S/C23H29N3O3/c24-23(28)25-21(17-22(27)26-14-7-2-1-3-8-15-26)18-10-9-13-20(16-18)29-19-11-5-4-6-12-19/h4-6,9-13,16,21H,1-3,7-8,14-15,17H2,(H3,24,25,28). The zero-order valence-corrected chi connectivity index (χ0v) is 16.7. The van der Waals surface area contributed by atoms with Gasteiger partial charge in [0.05, 0.1) is 12.5 Å². The average molecular weight is 396 g/mol. The quantitative estimate of drug-likeness (QED) is 0.762. The molecule has 154 valence electrons. The highest BCUT2D eigenvalue weighted by atomic mass is 16.5. The van der Waals surface area contributed by atoms with Crippen LogP contribution in [0.1, 0.15) is 50.1 Å². The minimum absolute atomic E-state index is 0.0417. The third-order valence-electron chi connectivity index (χ3n) is 5.14. The Hall–Kier alpha value is -3.02. The van der Waals surface area contributed by atoms with E-state index in [1.54, 1.807) is 0 Å². The second-order valence-corrected chi connectivity index (χ2v) is 7.40. The molecule has 1 aliphatic heterocycles. The Kier molecular flexibility index (Phi) is 7.50. The molecule has 1 aliphatic rings. The Morgan fingerprint density at radius 2 is 1.59 bits per heavy atom. The number of nitrogens with zero attached hydrogens (tertiary/aromatic N) is 1. The van der Waals surface area contributed by atoms with Gasteiger partial charge in [0.1, 0.15) is 11.5 Å². The molecule has 0 radical (unpaired) electrons. The van der Waals surface area contributed by atoms with E-state index < -0.39 is 12.1 Å². The summed E-state index contributed by atoms with van der Waals surface area (Å²) in [6.45, 7) is 1.55. The van der Waals surface area contributed by atoms with Crippen molar-refractivity contribution in [3.8, 4) is 11.5 Å². The lowest BCUT2D eigenvalue weighted by Gasteiger charge is -2.27. The van der Waals surface area contributed by atoms with Gasteiger partial charge in [0, 0.05) is 13.1 Å². The van der Waals surface area contributed by atoms with E-state index in [-0.39, 0.29) is 12.3 Å². The summed E-state index contributed by atoms with van der Waals surface area (Å²) in [7, 11) is 0. The van der Waals surface area contributed by atoms with Crippen molar-refractivity contribution < 1.29 is 14.3 Å². The van der Waals surface area contributed by atoms with Gasteiger partial charge in [-0.3, -0.25) is 4.79 Å². The lowest BCUT2D eigenvalue weighted by atomic mass is 10.0. The van der Waals surface area contributed by atoms with Gasteiger partial charge in [-0.2, -0.15) is 0 Å². The molecule has 0 aromatic heterocycles. The molecular formula is C23H29N3O3. The van der Waals surface area contributed by atoms with Gasteiger partial charge in [-0.1, -0.05) is 49.6 Å². The van der Waals surface area contributed by atoms with E-state index in [2.05, 4.69) is 5.32 Å². The van der Waals surface area contributed by atoms with Crippen molar-refractivity contribution in [2.75, 3.05) is 13.1 Å². The normalized spacial score (nSPS) is 15.7. The van der Waals surface area contributed by atoms with Gasteiger partial charge in [0.15, 0.2) is 0 Å². The first-order chi connectivity index (χ1) is 14.1. The van der Waals surface area contributed by atoms with Gasteiger partial charge in [0.25, 0.3) is 0 Å². The summed E-state index contributed by atoms with van der Waals surface area (Å²) < 4.78 is 5.89. The molecule has 1 unspecified atom stereocenters. The molecule has 0 saturated carbocycles. The third-order valence-corrected chi connectivity index (χ3v) is 5.14. The molecule has 1 heterocycles. The number of primary amides is 1. The van der Waals surface area contributed by atoms with Crippen LogP contribution in [-0.4, -0.2) is 29.9 Å². The molecule has 3 amide bonds. The maximum Gasteiger partial charge on any atom is 0.312 e. The molecule has 3 N–H and O–H groups in total. The molecule has 0 bridgehead atoms. The summed E-state index contributed by atoms with van der Waals surface area (Å²) in [6, 6.07) is 15.7. The Bertz CT molecular complexity index is 802. The highest BCUT2D eigenvalue weighted by molar-refractivity contribution is 5.79. The zero-order chi connectivity index (χ0) is 20.5. The average Bonchev–Trinajstić information content (AvgIpc) is 2.68. The van der Waals surface area contributed by atoms with Crippen LogP contribution in [0, 0.1) is 0 Å². The predicted octanol–water partition coefficient (Wildman–Crippen LogP) is 4.37. The maximum absolute atomic E-state index is 12.9. The molecule has 1 saturated heterocycles. The van der Waals surface area contributed by atoms with E-state index in [9.17, 15) is 9.59 Å². The maximum atomic E-state index is 12.9. The molecule has 1 fully saturated rings. The Balaban J connectivity index is 1.73. The van der Waals surface area contributed by atoms with Gasteiger partial charge in [-0.15, -0.1) is 0 Å². The number of nitrogens with one attached hydrogen (secondary N) is 1. The van der Waals surface area contributed by atoms with Crippen LogP contribution in [-0.2, 0) is 4.79 Å². The van der Waals surface area contributed by atoms with E-state index >= 15 is 0 Å². The van der Waals surface area contributed by atoms with Crippen LogP contribution in [0.25, 0.3) is 0 Å². The fourth-order valence-corrected chi connectivity index (χ4v) is 3.64. The predicted molar refractivity (Wildman–Crippen MR) is 113 cm³/mol. The second-order valence-electron chi connectivity index (χ2n) is 7.40. The highest BCUT2D eigenvalue weighted by Crippen LogP contribution is 2.26. The zero-order valence-electron chi connectivity index (χ0n) is 16.7. The number of benzene rings is 2. The topological polar surface area (TPSA) is 84.7 Å². The SMILES string of the molecule is NC(=O)NC(CC(=O)N1CCCCCCC1)c1cccc(Oc2ccccc2)c1. The van der Waals surface area contributed by atoms with Gasteiger partial charge in [-0.25, -0.2) is 4.79 Å². The van der Waals surface area contributed by atoms with Gasteiger partial charge >= 0.3 is 6.03 Å². The number of urea groups is 1. The molecule has 2 aromatic carbocycles. The van der Waals surface area contributed by atoms with Crippen molar-refractivity contribution in [2.24, 2.45) is 5.73 Å². The lowest BCUT2D eigenvalue weighted by molar-refractivity contribution is -0.132. The Labute approximate surface area is 172 Å². The van der Waals surface area contributed by atoms with E-state index in [0.717, 1.165) is 50.1 Å². The van der Waals surface area contributed by atoms with Crippen molar-refractivity contribution in [3.05, 3.63) is 60.2 Å². The lowest BCUT2D eigenvalue weighted by Crippen LogP contribution is -2.39. The largest absolute Gasteiger partial charge is 0.457 e. The second kappa shape index (κ2) is 10.5. The number of amides is 3. The van der Waals surface area contributed by atoms with Gasteiger partial charge in [0.2, 0.25) is 5.91 Å². The summed E-state index contributed by atoms with van der Waals surface area (Å²) in [5.74, 6) is 1.41. The highest BCUT2D eigenvalue weighted by Gasteiger charge is 2.22. The van der Waals surface area contributed by atoms with Crippen molar-refractivity contribution in [1.82, 2.24) is 10.2 Å². The molecule has 6 heteroatoms. The first kappa shape index (κ1) is 20.7. The molecule has 0 aliphatic carbocycles. The van der Waals surface area contributed by atoms with Crippen LogP contribution in [0.3, 0.4) is 0 Å². The fourth-order valence-electron chi connectivity index (χ4n) is 3.64. The van der Waals surface area contributed by atoms with E-state index in [4.69, 9.17) is 10.5 Å². The van der Waals surface area contributed by atoms with Crippen molar-refractivity contribution in [3.63, 3.8) is 0 Å². The van der Waals surface area contributed by atoms with Crippen molar-refractivity contribution >= 4 is 11.9 Å². The number of para-hydroxylation sites is 1. The molecule has 6 nitrogen and oxygen atoms in total. The number of ether oxygens (including phenoxy) is 1. The number of rotatable bonds is 6. The van der Waals surface area contributed by atoms with E-state index in [0.29, 0.717) is 5.75 Å². The molecule has 29 heavy (non-hydrogen) atoms. The number of likely N-dealkylation sites (tertiary alicyclic amines) is 1. The van der Waals surface area contributed by atoms with Crippen LogP contribution in [0.5, 0.6) is 11.5 Å². The Morgan fingerprint density at radius 1 is 0.931 bits per heavy atom. The minimum Gasteiger partial charge on any atom is -0.457 e. The van der Waals surface area contributed by atoms with E-state index in [1.165, 1.54) is 6.42 Å². The first-order valence-electron chi connectivity index (χ1n) is 10.3. The van der Waals surface area contributed by atoms with Crippen LogP contribution >= 0.6 is 0 Å².